The smallest absolute Gasteiger partial charge is 0.0623 e. The summed E-state index contributed by atoms with van der Waals surface area (Å²) in [6.45, 7) is 5.74. The van der Waals surface area contributed by atoms with Crippen LogP contribution in [0.3, 0.4) is 0 Å². The molecule has 0 radical (unpaired) electrons. The maximum atomic E-state index is 6.33. The van der Waals surface area contributed by atoms with Gasteiger partial charge in [0, 0.05) is 35.2 Å². The number of hydrogen-bond acceptors (Lipinski definition) is 3. The van der Waals surface area contributed by atoms with Crippen molar-refractivity contribution in [1.82, 2.24) is 10.6 Å². The van der Waals surface area contributed by atoms with E-state index in [4.69, 9.17) is 27.9 Å². The summed E-state index contributed by atoms with van der Waals surface area (Å²) in [5, 5.41) is 8.91. The topological polar surface area (TPSA) is 33.3 Å². The maximum Gasteiger partial charge on any atom is 0.0623 e. The Kier molecular flexibility index (Phi) is 6.22. The van der Waals surface area contributed by atoms with E-state index in [0.29, 0.717) is 23.9 Å². The minimum Gasteiger partial charge on any atom is -0.379 e. The summed E-state index contributed by atoms with van der Waals surface area (Å²) >= 11 is 12.7. The van der Waals surface area contributed by atoms with Gasteiger partial charge in [-0.15, -0.1) is 0 Å². The van der Waals surface area contributed by atoms with E-state index >= 15 is 0 Å². The van der Waals surface area contributed by atoms with Crippen LogP contribution in [0.25, 0.3) is 0 Å². The highest BCUT2D eigenvalue weighted by molar-refractivity contribution is 6.36. The molecule has 1 aromatic carbocycles. The van der Waals surface area contributed by atoms with Gasteiger partial charge in [0.05, 0.1) is 13.2 Å². The Hall–Kier alpha value is -0.320. The number of halogens is 2. The highest BCUT2D eigenvalue weighted by Gasteiger charge is 2.34. The molecular weight excluding hydrogens is 331 g/mol. The first-order valence-corrected chi connectivity index (χ1v) is 9.41. The molecule has 0 amide bonds. The van der Waals surface area contributed by atoms with Gasteiger partial charge in [0.15, 0.2) is 0 Å². The molecule has 1 saturated heterocycles. The second kappa shape index (κ2) is 8.17. The van der Waals surface area contributed by atoms with Crippen molar-refractivity contribution in [2.24, 2.45) is 5.92 Å². The highest BCUT2D eigenvalue weighted by Crippen LogP contribution is 2.33. The van der Waals surface area contributed by atoms with Gasteiger partial charge in [-0.25, -0.2) is 0 Å². The van der Waals surface area contributed by atoms with Crippen LogP contribution in [0.2, 0.25) is 10.0 Å². The Labute approximate surface area is 149 Å². The standard InChI is InChI=1S/C18H26Cl2N2O/c1-12(18-14(19)5-3-6-15(18)20)10-22-16-7-2-4-13(16)17-11-23-9-8-21-17/h3,5-6,12-13,16-17,21-22H,2,4,7-11H2,1H3. The number of benzene rings is 1. The average Bonchev–Trinajstić information content (AvgIpc) is 3.02. The second-order valence-electron chi connectivity index (χ2n) is 6.78. The van der Waals surface area contributed by atoms with E-state index in [9.17, 15) is 0 Å². The lowest BCUT2D eigenvalue weighted by molar-refractivity contribution is 0.0525. The minimum atomic E-state index is 0.299. The molecule has 0 bridgehead atoms. The lowest BCUT2D eigenvalue weighted by Gasteiger charge is -2.33. The fourth-order valence-electron chi connectivity index (χ4n) is 4.00. The van der Waals surface area contributed by atoms with Crippen LogP contribution in [0.4, 0.5) is 0 Å². The van der Waals surface area contributed by atoms with Gasteiger partial charge in [-0.3, -0.25) is 0 Å². The van der Waals surface area contributed by atoms with Crippen molar-refractivity contribution >= 4 is 23.2 Å². The van der Waals surface area contributed by atoms with Crippen LogP contribution < -0.4 is 10.6 Å². The Morgan fingerprint density at radius 1 is 1.30 bits per heavy atom. The van der Waals surface area contributed by atoms with Crippen molar-refractivity contribution in [1.29, 1.82) is 0 Å². The first kappa shape index (κ1) is 17.5. The molecule has 0 aromatic heterocycles. The monoisotopic (exact) mass is 356 g/mol. The van der Waals surface area contributed by atoms with E-state index in [-0.39, 0.29) is 0 Å². The van der Waals surface area contributed by atoms with Crippen molar-refractivity contribution in [3.63, 3.8) is 0 Å². The highest BCUT2D eigenvalue weighted by atomic mass is 35.5. The molecule has 4 atom stereocenters. The zero-order chi connectivity index (χ0) is 16.2. The van der Waals surface area contributed by atoms with Gasteiger partial charge >= 0.3 is 0 Å². The molecule has 23 heavy (non-hydrogen) atoms. The van der Waals surface area contributed by atoms with E-state index in [0.717, 1.165) is 41.9 Å². The van der Waals surface area contributed by atoms with Crippen LogP contribution >= 0.6 is 23.2 Å². The summed E-state index contributed by atoms with van der Waals surface area (Å²) in [4.78, 5) is 0. The predicted octanol–water partition coefficient (Wildman–Crippen LogP) is 3.84. The molecule has 3 nitrogen and oxygen atoms in total. The first-order chi connectivity index (χ1) is 11.2. The fourth-order valence-corrected chi connectivity index (χ4v) is 4.77. The Bertz CT molecular complexity index is 499. The van der Waals surface area contributed by atoms with Crippen LogP contribution in [0, 0.1) is 5.92 Å². The van der Waals surface area contributed by atoms with Crippen molar-refractivity contribution < 1.29 is 4.74 Å². The van der Waals surface area contributed by atoms with Crippen LogP contribution in [0.5, 0.6) is 0 Å². The summed E-state index contributed by atoms with van der Waals surface area (Å²) < 4.78 is 5.64. The number of nitrogens with one attached hydrogen (secondary N) is 2. The summed E-state index contributed by atoms with van der Waals surface area (Å²) in [5.74, 6) is 0.956. The molecule has 5 heteroatoms. The van der Waals surface area contributed by atoms with Crippen molar-refractivity contribution in [2.45, 2.75) is 44.2 Å². The molecule has 0 spiro atoms. The molecule has 128 valence electrons. The predicted molar refractivity (Wildman–Crippen MR) is 96.6 cm³/mol. The summed E-state index contributed by atoms with van der Waals surface area (Å²) in [6.07, 6.45) is 3.81. The molecule has 3 rings (SSSR count). The SMILES string of the molecule is CC(CNC1CCCC1C1COCCN1)c1c(Cl)cccc1Cl. The van der Waals surface area contributed by atoms with Crippen LogP contribution in [-0.2, 0) is 4.74 Å². The minimum absolute atomic E-state index is 0.299. The molecule has 2 N–H and O–H groups in total. The zero-order valence-electron chi connectivity index (χ0n) is 13.7. The molecule has 2 fully saturated rings. The lowest BCUT2D eigenvalue weighted by atomic mass is 9.93. The molecule has 1 aliphatic heterocycles. The fraction of sp³-hybridized carbons (Fsp3) is 0.667. The van der Waals surface area contributed by atoms with E-state index in [1.807, 2.05) is 18.2 Å². The third kappa shape index (κ3) is 4.21. The number of morpholine rings is 1. The van der Waals surface area contributed by atoms with Crippen molar-refractivity contribution in [3.05, 3.63) is 33.8 Å². The normalized spacial score (nSPS) is 29.6. The third-order valence-electron chi connectivity index (χ3n) is 5.22. The van der Waals surface area contributed by atoms with Gasteiger partial charge in [-0.05, 0) is 42.4 Å². The van der Waals surface area contributed by atoms with Crippen LogP contribution in [0.15, 0.2) is 18.2 Å². The molecule has 1 aromatic rings. The van der Waals surface area contributed by atoms with Crippen molar-refractivity contribution in [3.8, 4) is 0 Å². The molecule has 1 saturated carbocycles. The molecule has 1 heterocycles. The average molecular weight is 357 g/mol. The quantitative estimate of drug-likeness (QED) is 0.840. The number of hydrogen-bond donors (Lipinski definition) is 2. The van der Waals surface area contributed by atoms with Gasteiger partial charge in [-0.2, -0.15) is 0 Å². The lowest BCUT2D eigenvalue weighted by Crippen LogP contribution is -2.51. The van der Waals surface area contributed by atoms with Gasteiger partial charge < -0.3 is 15.4 Å². The summed E-state index contributed by atoms with van der Waals surface area (Å²) in [7, 11) is 0. The largest absolute Gasteiger partial charge is 0.379 e. The zero-order valence-corrected chi connectivity index (χ0v) is 15.2. The van der Waals surface area contributed by atoms with E-state index in [2.05, 4.69) is 17.6 Å². The van der Waals surface area contributed by atoms with Crippen molar-refractivity contribution in [2.75, 3.05) is 26.3 Å². The first-order valence-electron chi connectivity index (χ1n) is 8.65. The molecule has 1 aliphatic carbocycles. The van der Waals surface area contributed by atoms with Crippen LogP contribution in [0.1, 0.15) is 37.7 Å². The van der Waals surface area contributed by atoms with Crippen LogP contribution in [-0.4, -0.2) is 38.4 Å². The molecule has 4 unspecified atom stereocenters. The Morgan fingerprint density at radius 2 is 2.09 bits per heavy atom. The van der Waals surface area contributed by atoms with E-state index in [1.165, 1.54) is 19.3 Å². The molecule has 2 aliphatic rings. The number of rotatable bonds is 5. The summed E-state index contributed by atoms with van der Waals surface area (Å²) in [5.41, 5.74) is 1.05. The van der Waals surface area contributed by atoms with Gasteiger partial charge in [0.25, 0.3) is 0 Å². The second-order valence-corrected chi connectivity index (χ2v) is 7.60. The van der Waals surface area contributed by atoms with E-state index in [1.54, 1.807) is 0 Å². The maximum absolute atomic E-state index is 6.33. The van der Waals surface area contributed by atoms with Gasteiger partial charge in [0.1, 0.15) is 0 Å². The van der Waals surface area contributed by atoms with E-state index < -0.39 is 0 Å². The molecular formula is C18H26Cl2N2O. The third-order valence-corrected chi connectivity index (χ3v) is 5.87. The summed E-state index contributed by atoms with van der Waals surface area (Å²) in [6, 6.07) is 6.78. The van der Waals surface area contributed by atoms with Gasteiger partial charge in [-0.1, -0.05) is 42.6 Å². The Morgan fingerprint density at radius 3 is 2.78 bits per heavy atom. The number of ether oxygens (including phenoxy) is 1. The van der Waals surface area contributed by atoms with Gasteiger partial charge in [0.2, 0.25) is 0 Å². The Balaban J connectivity index is 1.58.